The Balaban J connectivity index is 0.000000151. The number of ether oxygens (including phenoxy) is 2. The summed E-state index contributed by atoms with van der Waals surface area (Å²) in [6, 6.07) is 33.2. The van der Waals surface area contributed by atoms with Gasteiger partial charge in [0.15, 0.2) is 0 Å². The molecule has 0 saturated carbocycles. The van der Waals surface area contributed by atoms with Gasteiger partial charge in [0.1, 0.15) is 17.2 Å². The van der Waals surface area contributed by atoms with Crippen molar-refractivity contribution in [2.45, 2.75) is 136 Å². The third kappa shape index (κ3) is 13.8. The van der Waals surface area contributed by atoms with Crippen LogP contribution in [0.2, 0.25) is 0 Å². The maximum absolute atomic E-state index is 10.1. The van der Waals surface area contributed by atoms with Gasteiger partial charge < -0.3 is 14.6 Å². The molecule has 3 aliphatic rings. The molecule has 9 rings (SSSR count). The van der Waals surface area contributed by atoms with Gasteiger partial charge in [-0.15, -0.1) is 0 Å². The van der Waals surface area contributed by atoms with Crippen LogP contribution in [0.15, 0.2) is 128 Å². The van der Waals surface area contributed by atoms with Crippen molar-refractivity contribution in [2.75, 3.05) is 33.9 Å². The molecule has 3 aromatic carbocycles. The first-order chi connectivity index (χ1) is 33.4. The van der Waals surface area contributed by atoms with E-state index in [0.717, 1.165) is 101 Å². The van der Waals surface area contributed by atoms with Gasteiger partial charge >= 0.3 is 0 Å². The third-order valence-electron chi connectivity index (χ3n) is 14.2. The van der Waals surface area contributed by atoms with Crippen LogP contribution in [-0.4, -0.2) is 86.7 Å². The van der Waals surface area contributed by atoms with Crippen LogP contribution in [-0.2, 0) is 58.2 Å². The lowest BCUT2D eigenvalue weighted by Gasteiger charge is -2.35. The van der Waals surface area contributed by atoms with Crippen LogP contribution in [0.4, 0.5) is 0 Å². The van der Waals surface area contributed by atoms with Crippen molar-refractivity contribution in [1.82, 2.24) is 29.7 Å². The Kier molecular flexibility index (Phi) is 19.4. The molecule has 3 aliphatic carbocycles. The molecule has 3 aromatic heterocycles. The fourth-order valence-corrected chi connectivity index (χ4v) is 10.7. The molecule has 0 spiro atoms. The zero-order chi connectivity index (χ0) is 47.5. The maximum atomic E-state index is 10.1. The molecule has 1 N–H and O–H groups in total. The Morgan fingerprint density at radius 1 is 0.456 bits per heavy atom. The number of hydrogen-bond acceptors (Lipinski definition) is 9. The number of pyridine rings is 3. The summed E-state index contributed by atoms with van der Waals surface area (Å²) in [5.74, 6) is 2.56. The highest BCUT2D eigenvalue weighted by Gasteiger charge is 2.28. The molecule has 9 nitrogen and oxygen atoms in total. The van der Waals surface area contributed by atoms with E-state index in [9.17, 15) is 5.11 Å². The minimum Gasteiger partial charge on any atom is -0.508 e. The van der Waals surface area contributed by atoms with Crippen molar-refractivity contribution in [3.05, 3.63) is 178 Å². The van der Waals surface area contributed by atoms with E-state index in [4.69, 9.17) is 9.47 Å². The van der Waals surface area contributed by atoms with Gasteiger partial charge in [0, 0.05) is 74.9 Å². The number of phenolic OH excluding ortho intramolecular Hbond substituents is 1. The molecule has 3 heterocycles. The predicted molar refractivity (Wildman–Crippen MR) is 276 cm³/mol. The molecule has 9 heteroatoms. The van der Waals surface area contributed by atoms with E-state index in [1.165, 1.54) is 76.6 Å². The summed E-state index contributed by atoms with van der Waals surface area (Å²) >= 11 is 0. The molecule has 0 saturated heterocycles. The molecule has 0 radical (unpaired) electrons. The number of aromatic nitrogens is 3. The number of hydrogen-bond donors (Lipinski definition) is 1. The van der Waals surface area contributed by atoms with E-state index >= 15 is 0 Å². The van der Waals surface area contributed by atoms with Crippen molar-refractivity contribution >= 4 is 0 Å². The molecule has 0 aliphatic heterocycles. The third-order valence-corrected chi connectivity index (χ3v) is 14.2. The largest absolute Gasteiger partial charge is 0.508 e. The average molecular weight is 917 g/mol. The second-order valence-electron chi connectivity index (χ2n) is 18.8. The highest BCUT2D eigenvalue weighted by atomic mass is 16.5. The van der Waals surface area contributed by atoms with E-state index in [0.29, 0.717) is 23.9 Å². The lowest BCUT2D eigenvalue weighted by molar-refractivity contribution is 0.170. The molecule has 0 amide bonds. The van der Waals surface area contributed by atoms with Gasteiger partial charge in [0.05, 0.1) is 14.2 Å². The van der Waals surface area contributed by atoms with Crippen molar-refractivity contribution in [1.29, 1.82) is 0 Å². The summed E-state index contributed by atoms with van der Waals surface area (Å²) in [6.07, 6.45) is 24.9. The second kappa shape index (κ2) is 26.2. The highest BCUT2D eigenvalue weighted by molar-refractivity contribution is 5.44. The zero-order valence-corrected chi connectivity index (χ0v) is 41.5. The average Bonchev–Trinajstić information content (AvgIpc) is 3.39. The Morgan fingerprint density at radius 3 is 1.12 bits per heavy atom. The summed E-state index contributed by atoms with van der Waals surface area (Å²) < 4.78 is 11.2. The van der Waals surface area contributed by atoms with Crippen LogP contribution >= 0.6 is 0 Å². The van der Waals surface area contributed by atoms with E-state index in [-0.39, 0.29) is 0 Å². The number of phenols is 1. The predicted octanol–water partition coefficient (Wildman–Crippen LogP) is 11.3. The summed E-state index contributed by atoms with van der Waals surface area (Å²) in [4.78, 5) is 20.2. The number of methoxy groups -OCH3 is 2. The monoisotopic (exact) mass is 917 g/mol. The highest BCUT2D eigenvalue weighted by Crippen LogP contribution is 2.34. The van der Waals surface area contributed by atoms with Crippen molar-refractivity contribution in [2.24, 2.45) is 0 Å². The Hall–Kier alpha value is -5.61. The molecule has 68 heavy (non-hydrogen) atoms. The lowest BCUT2D eigenvalue weighted by atomic mass is 9.86. The van der Waals surface area contributed by atoms with Crippen molar-refractivity contribution < 1.29 is 14.6 Å². The smallest absolute Gasteiger partial charge is 0.122 e. The second-order valence-corrected chi connectivity index (χ2v) is 18.8. The van der Waals surface area contributed by atoms with Gasteiger partial charge in [-0.1, -0.05) is 57.2 Å². The molecule has 3 atom stereocenters. The molecule has 360 valence electrons. The van der Waals surface area contributed by atoms with Gasteiger partial charge in [-0.2, -0.15) is 0 Å². The molecular weight excluding hydrogens is 841 g/mol. The Labute approximate surface area is 407 Å². The van der Waals surface area contributed by atoms with E-state index in [2.05, 4.69) is 129 Å². The maximum Gasteiger partial charge on any atom is 0.122 e. The number of nitrogens with zero attached hydrogens (tertiary/aromatic N) is 6. The summed E-state index contributed by atoms with van der Waals surface area (Å²) in [5, 5.41) is 10.1. The minimum atomic E-state index is 0.461. The molecule has 0 fully saturated rings. The fraction of sp³-hybridized carbons (Fsp3) is 0.441. The first-order valence-corrected chi connectivity index (χ1v) is 25.4. The summed E-state index contributed by atoms with van der Waals surface area (Å²) in [7, 11) is 3.56. The first kappa shape index (κ1) is 50.3. The zero-order valence-electron chi connectivity index (χ0n) is 41.5. The van der Waals surface area contributed by atoms with Gasteiger partial charge in [-0.3, -0.25) is 29.7 Å². The fourth-order valence-electron chi connectivity index (χ4n) is 10.7. The van der Waals surface area contributed by atoms with Crippen LogP contribution in [0.25, 0.3) is 0 Å². The lowest BCUT2D eigenvalue weighted by Crippen LogP contribution is -2.39. The van der Waals surface area contributed by atoms with Crippen molar-refractivity contribution in [3.8, 4) is 17.2 Å². The van der Waals surface area contributed by atoms with E-state index < -0.39 is 0 Å². The Bertz CT molecular complexity index is 2260. The van der Waals surface area contributed by atoms with Crippen LogP contribution in [0.5, 0.6) is 17.2 Å². The Morgan fingerprint density at radius 2 is 0.779 bits per heavy atom. The summed E-state index contributed by atoms with van der Waals surface area (Å²) in [6.45, 7) is 13.1. The van der Waals surface area contributed by atoms with Gasteiger partial charge in [0.25, 0.3) is 0 Å². The van der Waals surface area contributed by atoms with Gasteiger partial charge in [-0.25, -0.2) is 0 Å². The van der Waals surface area contributed by atoms with Gasteiger partial charge in [-0.05, 0) is 201 Å². The standard InChI is InChI=1S/2C20H26N2O.C19H24N2O/c2*1-3-13-22(15-16-9-11-21-12-10-16)18-8-7-17-5-4-6-20(23-2)19(17)14-18;1-2-12-21(14-15-8-10-20-11-9-15)17-7-6-16-4-3-5-19(22)18(16)13-17/h2*4-6,9-12,18H,3,7-8,13-15H2,1-2H3;3-5,8-11,17,22H,2,6-7,12-14H2,1H3/t18-;;/m1../s1. The number of aromatic hydroxyl groups is 1. The quantitative estimate of drug-likeness (QED) is 0.0961. The van der Waals surface area contributed by atoms with Crippen LogP contribution in [0.3, 0.4) is 0 Å². The van der Waals surface area contributed by atoms with E-state index in [1.807, 2.05) is 49.3 Å². The van der Waals surface area contributed by atoms with Gasteiger partial charge in [0.2, 0.25) is 0 Å². The van der Waals surface area contributed by atoms with Crippen LogP contribution in [0.1, 0.15) is 109 Å². The molecular formula is C59H76N6O3. The van der Waals surface area contributed by atoms with Crippen molar-refractivity contribution in [3.63, 3.8) is 0 Å². The first-order valence-electron chi connectivity index (χ1n) is 25.4. The number of rotatable bonds is 17. The van der Waals surface area contributed by atoms with Crippen LogP contribution in [0, 0.1) is 0 Å². The molecule has 2 unspecified atom stereocenters. The van der Waals surface area contributed by atoms with Crippen LogP contribution < -0.4 is 9.47 Å². The SMILES string of the molecule is CCCN(Cc1ccncc1)C1CCc2cccc(O)c2C1.CCCN(Cc1ccncc1)C1CCc2cccc(OC)c2C1.CCCN(Cc1ccncc1)[C@@H]1CCc2cccc(OC)c2C1. The number of fused-ring (bicyclic) bond motifs is 3. The number of benzene rings is 3. The van der Waals surface area contributed by atoms with E-state index in [1.54, 1.807) is 14.2 Å². The summed E-state index contributed by atoms with van der Waals surface area (Å²) in [5.41, 5.74) is 12.2. The normalized spacial score (nSPS) is 17.2. The molecule has 6 aromatic rings. The molecule has 0 bridgehead atoms. The topological polar surface area (TPSA) is 87.1 Å². The number of aryl methyl sites for hydroxylation is 3. The minimum absolute atomic E-state index is 0.461.